The zero-order chi connectivity index (χ0) is 28.2. The van der Waals surface area contributed by atoms with E-state index in [-0.39, 0.29) is 22.1 Å². The highest BCUT2D eigenvalue weighted by Crippen LogP contribution is 2.44. The molecular weight excluding hydrogens is 505 g/mol. The highest BCUT2D eigenvalue weighted by atomic mass is 28.4. The number of benzene rings is 2. The van der Waals surface area contributed by atoms with Gasteiger partial charge in [-0.25, -0.2) is 0 Å². The molecule has 2 aromatic carbocycles. The lowest BCUT2D eigenvalue weighted by molar-refractivity contribution is -0.160. The van der Waals surface area contributed by atoms with Crippen LogP contribution < -0.4 is 10.4 Å². The predicted molar refractivity (Wildman–Crippen MR) is 163 cm³/mol. The van der Waals surface area contributed by atoms with Crippen LogP contribution in [0.5, 0.6) is 0 Å². The van der Waals surface area contributed by atoms with Crippen LogP contribution in [0.1, 0.15) is 80.6 Å². The highest BCUT2D eigenvalue weighted by molar-refractivity contribution is 6.99. The maximum atomic E-state index is 12.7. The van der Waals surface area contributed by atoms with E-state index in [0.29, 0.717) is 19.4 Å². The fourth-order valence-corrected chi connectivity index (χ4v) is 11.1. The van der Waals surface area contributed by atoms with Crippen LogP contribution in [0.15, 0.2) is 60.7 Å². The average molecular weight is 555 g/mol. The Labute approximate surface area is 233 Å². The average Bonchev–Trinajstić information content (AvgIpc) is 3.24. The number of hydrogen-bond donors (Lipinski definition) is 0. The third-order valence-electron chi connectivity index (χ3n) is 8.75. The Morgan fingerprint density at radius 3 is 1.82 bits per heavy atom. The maximum Gasteiger partial charge on any atom is 0.306 e. The molecule has 0 aliphatic carbocycles. The fraction of sp³-hybridized carbons (Fsp3) is 0.594. The van der Waals surface area contributed by atoms with Crippen molar-refractivity contribution in [3.63, 3.8) is 0 Å². The molecule has 0 saturated carbocycles. The van der Waals surface area contributed by atoms with E-state index in [1.807, 2.05) is 0 Å². The molecule has 0 unspecified atom stereocenters. The fourth-order valence-electron chi connectivity index (χ4n) is 5.38. The number of ether oxygens (including phenoxy) is 1. The van der Waals surface area contributed by atoms with Gasteiger partial charge in [0.15, 0.2) is 8.32 Å². The number of hydrogen-bond acceptors (Lipinski definition) is 4. The van der Waals surface area contributed by atoms with Gasteiger partial charge in [0.2, 0.25) is 0 Å². The SMILES string of the molecule is CCCC[C@]1([C@H](CO[Si](C)(C)C(C)(C)C)O[Si](c2ccccc2)(c2ccccc2)C(C)(C)C)CCC(=O)O1. The topological polar surface area (TPSA) is 44.8 Å². The molecule has 0 bridgehead atoms. The minimum absolute atomic E-state index is 0.0673. The summed E-state index contributed by atoms with van der Waals surface area (Å²) in [6.45, 7) is 20.9. The first kappa shape index (κ1) is 30.8. The van der Waals surface area contributed by atoms with Crippen molar-refractivity contribution in [2.75, 3.05) is 6.61 Å². The highest BCUT2D eigenvalue weighted by Gasteiger charge is 2.57. The Bertz CT molecular complexity index is 1000. The zero-order valence-electron chi connectivity index (χ0n) is 25.2. The Morgan fingerprint density at radius 1 is 0.895 bits per heavy atom. The van der Waals surface area contributed by atoms with Crippen molar-refractivity contribution in [2.45, 2.75) is 115 Å². The molecule has 0 aromatic heterocycles. The van der Waals surface area contributed by atoms with Crippen molar-refractivity contribution in [1.29, 1.82) is 0 Å². The second-order valence-electron chi connectivity index (χ2n) is 13.5. The van der Waals surface area contributed by atoms with E-state index in [4.69, 9.17) is 13.6 Å². The van der Waals surface area contributed by atoms with Crippen LogP contribution in [-0.2, 0) is 18.4 Å². The Hall–Kier alpha value is -1.74. The van der Waals surface area contributed by atoms with Gasteiger partial charge in [-0.2, -0.15) is 0 Å². The van der Waals surface area contributed by atoms with Crippen molar-refractivity contribution in [3.8, 4) is 0 Å². The van der Waals surface area contributed by atoms with Crippen molar-refractivity contribution in [1.82, 2.24) is 0 Å². The molecule has 0 radical (unpaired) electrons. The molecule has 1 fully saturated rings. The minimum Gasteiger partial charge on any atom is -0.456 e. The molecule has 6 heteroatoms. The molecule has 3 rings (SSSR count). The van der Waals surface area contributed by atoms with Crippen LogP contribution in [0.25, 0.3) is 0 Å². The number of esters is 1. The van der Waals surface area contributed by atoms with Crippen LogP contribution in [0.4, 0.5) is 0 Å². The minimum atomic E-state index is -2.89. The molecule has 1 aliphatic heterocycles. The van der Waals surface area contributed by atoms with E-state index >= 15 is 0 Å². The largest absolute Gasteiger partial charge is 0.456 e. The molecule has 1 saturated heterocycles. The number of carbonyl (C=O) groups is 1. The predicted octanol–water partition coefficient (Wildman–Crippen LogP) is 7.22. The summed E-state index contributed by atoms with van der Waals surface area (Å²) in [6.07, 6.45) is 3.56. The summed E-state index contributed by atoms with van der Waals surface area (Å²) in [4.78, 5) is 12.7. The number of cyclic esters (lactones) is 1. The van der Waals surface area contributed by atoms with E-state index in [2.05, 4.69) is 122 Å². The molecule has 0 spiro atoms. The lowest BCUT2D eigenvalue weighted by atomic mass is 9.88. The second kappa shape index (κ2) is 11.8. The van der Waals surface area contributed by atoms with Gasteiger partial charge in [0.05, 0.1) is 6.61 Å². The molecule has 4 nitrogen and oxygen atoms in total. The zero-order valence-corrected chi connectivity index (χ0v) is 27.2. The number of rotatable bonds is 11. The standard InChI is InChI=1S/C32H50O4Si2/c1-10-11-23-32(24-22-29(33)35-32)28(25-34-37(8,9)30(2,3)4)36-38(31(5,6)7,26-18-14-12-15-19-26)27-20-16-13-17-21-27/h12-21,28H,10-11,22-25H2,1-9H3/t28-,32+/m0/s1. The van der Waals surface area contributed by atoms with E-state index in [1.54, 1.807) is 0 Å². The van der Waals surface area contributed by atoms with Gasteiger partial charge in [-0.1, -0.05) is 116 Å². The van der Waals surface area contributed by atoms with Crippen molar-refractivity contribution in [2.24, 2.45) is 0 Å². The van der Waals surface area contributed by atoms with Gasteiger partial charge in [0, 0.05) is 12.8 Å². The summed E-state index contributed by atoms with van der Waals surface area (Å²) in [5, 5.41) is 2.34. The van der Waals surface area contributed by atoms with Gasteiger partial charge in [-0.05, 0) is 46.4 Å². The lowest BCUT2D eigenvalue weighted by Crippen LogP contribution is -2.70. The van der Waals surface area contributed by atoms with Crippen molar-refractivity contribution in [3.05, 3.63) is 60.7 Å². The van der Waals surface area contributed by atoms with Crippen LogP contribution in [0.2, 0.25) is 23.2 Å². The van der Waals surface area contributed by atoms with Crippen LogP contribution in [0, 0.1) is 0 Å². The molecule has 1 aliphatic rings. The summed E-state index contributed by atoms with van der Waals surface area (Å²) >= 11 is 0. The second-order valence-corrected chi connectivity index (χ2v) is 22.5. The molecule has 2 aromatic rings. The van der Waals surface area contributed by atoms with Crippen LogP contribution >= 0.6 is 0 Å². The van der Waals surface area contributed by atoms with Crippen LogP contribution in [0.3, 0.4) is 0 Å². The van der Waals surface area contributed by atoms with E-state index in [9.17, 15) is 4.79 Å². The Balaban J connectivity index is 2.21. The molecule has 0 amide bonds. The Kier molecular flexibility index (Phi) is 9.55. The molecule has 2 atom stereocenters. The van der Waals surface area contributed by atoms with Crippen molar-refractivity contribution < 1.29 is 18.4 Å². The summed E-state index contributed by atoms with van der Waals surface area (Å²) in [5.74, 6) is -0.121. The Morgan fingerprint density at radius 2 is 1.42 bits per heavy atom. The monoisotopic (exact) mass is 554 g/mol. The first-order valence-corrected chi connectivity index (χ1v) is 19.1. The lowest BCUT2D eigenvalue weighted by Gasteiger charge is -2.49. The summed E-state index contributed by atoms with van der Waals surface area (Å²) in [7, 11) is -4.97. The maximum absolute atomic E-state index is 12.7. The molecule has 210 valence electrons. The first-order valence-electron chi connectivity index (χ1n) is 14.3. The third kappa shape index (κ3) is 6.35. The van der Waals surface area contributed by atoms with E-state index < -0.39 is 22.2 Å². The number of carbonyl (C=O) groups excluding carboxylic acids is 1. The summed E-state index contributed by atoms with van der Waals surface area (Å²) in [5.41, 5.74) is -0.678. The van der Waals surface area contributed by atoms with Gasteiger partial charge in [-0.15, -0.1) is 0 Å². The summed E-state index contributed by atoms with van der Waals surface area (Å²) < 4.78 is 20.8. The normalized spacial score (nSPS) is 19.9. The third-order valence-corrected chi connectivity index (χ3v) is 18.3. The molecular formula is C32H50O4Si2. The van der Waals surface area contributed by atoms with Gasteiger partial charge < -0.3 is 13.6 Å². The van der Waals surface area contributed by atoms with Gasteiger partial charge in [0.1, 0.15) is 11.7 Å². The van der Waals surface area contributed by atoms with Gasteiger partial charge in [0.25, 0.3) is 8.32 Å². The molecule has 1 heterocycles. The smallest absolute Gasteiger partial charge is 0.306 e. The molecule has 38 heavy (non-hydrogen) atoms. The van der Waals surface area contributed by atoms with E-state index in [0.717, 1.165) is 19.3 Å². The molecule has 0 N–H and O–H groups in total. The number of unbranched alkanes of at least 4 members (excludes halogenated alkanes) is 1. The van der Waals surface area contributed by atoms with Gasteiger partial charge in [-0.3, -0.25) is 4.79 Å². The summed E-state index contributed by atoms with van der Waals surface area (Å²) in [6, 6.07) is 21.4. The van der Waals surface area contributed by atoms with Gasteiger partial charge >= 0.3 is 5.97 Å². The van der Waals surface area contributed by atoms with E-state index in [1.165, 1.54) is 10.4 Å². The van der Waals surface area contributed by atoms with Crippen LogP contribution in [-0.4, -0.2) is 40.9 Å². The van der Waals surface area contributed by atoms with Crippen molar-refractivity contribution >= 4 is 33.0 Å². The quantitative estimate of drug-likeness (QED) is 0.217. The first-order chi connectivity index (χ1) is 17.7.